The molecule has 122 valence electrons. The molecule has 0 spiro atoms. The van der Waals surface area contributed by atoms with E-state index >= 15 is 0 Å². The van der Waals surface area contributed by atoms with Gasteiger partial charge in [0.2, 0.25) is 0 Å². The predicted molar refractivity (Wildman–Crippen MR) is 95.2 cm³/mol. The number of furan rings is 1. The second kappa shape index (κ2) is 7.56. The van der Waals surface area contributed by atoms with Gasteiger partial charge in [0, 0.05) is 11.6 Å². The highest BCUT2D eigenvalue weighted by Gasteiger charge is 2.20. The first-order chi connectivity index (χ1) is 11.6. The molecule has 5 heteroatoms. The van der Waals surface area contributed by atoms with Crippen LogP contribution in [0, 0.1) is 0 Å². The third kappa shape index (κ3) is 3.81. The number of carbonyl (C=O) groups is 1. The lowest BCUT2D eigenvalue weighted by Crippen LogP contribution is -2.30. The third-order valence-corrected chi connectivity index (χ3v) is 4.34. The maximum Gasteiger partial charge on any atom is 0.256 e. The number of amides is 1. The quantitative estimate of drug-likeness (QED) is 0.608. The summed E-state index contributed by atoms with van der Waals surface area (Å²) >= 11 is 12.4. The van der Waals surface area contributed by atoms with Crippen molar-refractivity contribution in [1.82, 2.24) is 4.90 Å². The highest BCUT2D eigenvalue weighted by molar-refractivity contribution is 6.33. The van der Waals surface area contributed by atoms with Crippen LogP contribution in [0.5, 0.6) is 0 Å². The zero-order valence-corrected chi connectivity index (χ0v) is 14.3. The maximum atomic E-state index is 13.0. The number of benzene rings is 2. The molecule has 0 fully saturated rings. The largest absolute Gasteiger partial charge is 0.467 e. The normalized spacial score (nSPS) is 10.6. The Morgan fingerprint density at radius 3 is 2.25 bits per heavy atom. The van der Waals surface area contributed by atoms with E-state index in [1.165, 1.54) is 0 Å². The average Bonchev–Trinajstić information content (AvgIpc) is 3.09. The van der Waals surface area contributed by atoms with Crippen LogP contribution in [0.15, 0.2) is 71.3 Å². The fourth-order valence-corrected chi connectivity index (χ4v) is 2.84. The molecule has 1 amide bonds. The van der Waals surface area contributed by atoms with Crippen LogP contribution in [0.25, 0.3) is 0 Å². The Morgan fingerprint density at radius 1 is 0.875 bits per heavy atom. The lowest BCUT2D eigenvalue weighted by molar-refractivity contribution is 0.0718. The van der Waals surface area contributed by atoms with Crippen LogP contribution in [0.3, 0.4) is 0 Å². The van der Waals surface area contributed by atoms with E-state index in [1.807, 2.05) is 30.3 Å². The van der Waals surface area contributed by atoms with Crippen LogP contribution < -0.4 is 0 Å². The highest BCUT2D eigenvalue weighted by Crippen LogP contribution is 2.23. The average molecular weight is 360 g/mol. The molecule has 24 heavy (non-hydrogen) atoms. The Balaban J connectivity index is 1.91. The van der Waals surface area contributed by atoms with Crippen LogP contribution in [0.2, 0.25) is 10.0 Å². The van der Waals surface area contributed by atoms with E-state index in [9.17, 15) is 4.79 Å². The maximum absolute atomic E-state index is 13.0. The molecule has 1 aromatic heterocycles. The molecule has 0 aliphatic heterocycles. The fraction of sp³-hybridized carbons (Fsp3) is 0.105. The van der Waals surface area contributed by atoms with Crippen molar-refractivity contribution in [1.29, 1.82) is 0 Å². The standard InChI is InChI=1S/C19H15Cl2NO2/c20-17-9-3-1-6-14(17)12-22(13-15-7-5-11-24-15)19(23)16-8-2-4-10-18(16)21/h1-11H,12-13H2. The monoisotopic (exact) mass is 359 g/mol. The molecule has 0 bridgehead atoms. The lowest BCUT2D eigenvalue weighted by atomic mass is 10.1. The van der Waals surface area contributed by atoms with Crippen LogP contribution in [0.4, 0.5) is 0 Å². The molecule has 3 rings (SSSR count). The summed E-state index contributed by atoms with van der Waals surface area (Å²) in [5.41, 5.74) is 1.32. The molecular weight excluding hydrogens is 345 g/mol. The van der Waals surface area contributed by atoms with Gasteiger partial charge < -0.3 is 9.32 Å². The number of hydrogen-bond donors (Lipinski definition) is 0. The molecule has 0 aliphatic rings. The summed E-state index contributed by atoms with van der Waals surface area (Å²) in [7, 11) is 0. The zero-order valence-electron chi connectivity index (χ0n) is 12.8. The first-order valence-electron chi connectivity index (χ1n) is 7.45. The van der Waals surface area contributed by atoms with Crippen molar-refractivity contribution in [3.05, 3.63) is 93.9 Å². The molecule has 0 radical (unpaired) electrons. The predicted octanol–water partition coefficient (Wildman–Crippen LogP) is 5.43. The van der Waals surface area contributed by atoms with Gasteiger partial charge in [-0.05, 0) is 35.9 Å². The molecule has 0 N–H and O–H groups in total. The van der Waals surface area contributed by atoms with E-state index in [1.54, 1.807) is 41.5 Å². The molecular formula is C19H15Cl2NO2. The summed E-state index contributed by atoms with van der Waals surface area (Å²) in [5.74, 6) is 0.527. The van der Waals surface area contributed by atoms with Gasteiger partial charge in [0.1, 0.15) is 5.76 Å². The van der Waals surface area contributed by atoms with Crippen molar-refractivity contribution >= 4 is 29.1 Å². The summed E-state index contributed by atoms with van der Waals surface area (Å²) in [5, 5.41) is 1.04. The van der Waals surface area contributed by atoms with Gasteiger partial charge in [-0.1, -0.05) is 53.5 Å². The highest BCUT2D eigenvalue weighted by atomic mass is 35.5. The Bertz CT molecular complexity index is 831. The van der Waals surface area contributed by atoms with E-state index in [2.05, 4.69) is 0 Å². The number of nitrogens with zero attached hydrogens (tertiary/aromatic N) is 1. The van der Waals surface area contributed by atoms with Gasteiger partial charge in [-0.2, -0.15) is 0 Å². The van der Waals surface area contributed by atoms with E-state index in [0.717, 1.165) is 5.56 Å². The summed E-state index contributed by atoms with van der Waals surface area (Å²) in [6.45, 7) is 0.701. The topological polar surface area (TPSA) is 33.5 Å². The van der Waals surface area contributed by atoms with Crippen molar-refractivity contribution in [2.75, 3.05) is 0 Å². The lowest BCUT2D eigenvalue weighted by Gasteiger charge is -2.23. The molecule has 2 aromatic carbocycles. The van der Waals surface area contributed by atoms with E-state index < -0.39 is 0 Å². The van der Waals surface area contributed by atoms with Crippen molar-refractivity contribution < 1.29 is 9.21 Å². The van der Waals surface area contributed by atoms with E-state index in [0.29, 0.717) is 34.5 Å². The second-order valence-electron chi connectivity index (χ2n) is 5.31. The number of carbonyl (C=O) groups excluding carboxylic acids is 1. The minimum absolute atomic E-state index is 0.170. The van der Waals surface area contributed by atoms with Crippen molar-refractivity contribution in [2.24, 2.45) is 0 Å². The Morgan fingerprint density at radius 2 is 1.58 bits per heavy atom. The van der Waals surface area contributed by atoms with Gasteiger partial charge in [-0.25, -0.2) is 0 Å². The first kappa shape index (κ1) is 16.6. The van der Waals surface area contributed by atoms with E-state index in [4.69, 9.17) is 27.6 Å². The molecule has 0 saturated carbocycles. The molecule has 0 unspecified atom stereocenters. The molecule has 3 nitrogen and oxygen atoms in total. The molecule has 0 atom stereocenters. The third-order valence-electron chi connectivity index (χ3n) is 3.64. The van der Waals surface area contributed by atoms with Crippen LogP contribution in [-0.2, 0) is 13.1 Å². The van der Waals surface area contributed by atoms with Crippen LogP contribution in [0.1, 0.15) is 21.7 Å². The van der Waals surface area contributed by atoms with Crippen LogP contribution >= 0.6 is 23.2 Å². The summed E-state index contributed by atoms with van der Waals surface area (Å²) in [4.78, 5) is 14.6. The van der Waals surface area contributed by atoms with Crippen molar-refractivity contribution in [3.63, 3.8) is 0 Å². The van der Waals surface area contributed by atoms with Gasteiger partial charge in [0.15, 0.2) is 0 Å². The van der Waals surface area contributed by atoms with Gasteiger partial charge in [0.05, 0.1) is 23.4 Å². The molecule has 0 saturated heterocycles. The SMILES string of the molecule is O=C(c1ccccc1Cl)N(Cc1ccco1)Cc1ccccc1Cl. The van der Waals surface area contributed by atoms with Gasteiger partial charge >= 0.3 is 0 Å². The molecule has 0 aliphatic carbocycles. The van der Waals surface area contributed by atoms with Gasteiger partial charge in [0.25, 0.3) is 5.91 Å². The summed E-state index contributed by atoms with van der Waals surface area (Å²) < 4.78 is 5.39. The van der Waals surface area contributed by atoms with E-state index in [-0.39, 0.29) is 5.91 Å². The summed E-state index contributed by atoms with van der Waals surface area (Å²) in [6, 6.07) is 18.1. The number of rotatable bonds is 5. The number of halogens is 2. The minimum Gasteiger partial charge on any atom is -0.467 e. The summed E-state index contributed by atoms with van der Waals surface area (Å²) in [6.07, 6.45) is 1.59. The number of hydrogen-bond acceptors (Lipinski definition) is 2. The first-order valence-corrected chi connectivity index (χ1v) is 8.20. The van der Waals surface area contributed by atoms with Crippen LogP contribution in [-0.4, -0.2) is 10.8 Å². The zero-order chi connectivity index (χ0) is 16.9. The Hall–Kier alpha value is -2.23. The van der Waals surface area contributed by atoms with Crippen molar-refractivity contribution in [3.8, 4) is 0 Å². The Labute approximate surface area is 150 Å². The second-order valence-corrected chi connectivity index (χ2v) is 6.13. The fourth-order valence-electron chi connectivity index (χ4n) is 2.43. The van der Waals surface area contributed by atoms with Crippen molar-refractivity contribution in [2.45, 2.75) is 13.1 Å². The Kier molecular flexibility index (Phi) is 5.24. The van der Waals surface area contributed by atoms with Gasteiger partial charge in [-0.15, -0.1) is 0 Å². The van der Waals surface area contributed by atoms with Gasteiger partial charge in [-0.3, -0.25) is 4.79 Å². The molecule has 3 aromatic rings. The molecule has 1 heterocycles. The minimum atomic E-state index is -0.170. The smallest absolute Gasteiger partial charge is 0.256 e.